The first-order chi connectivity index (χ1) is 9.45. The number of anilines is 1. The number of H-pyrrole nitrogens is 1. The van der Waals surface area contributed by atoms with Crippen molar-refractivity contribution in [3.8, 4) is 0 Å². The zero-order valence-corrected chi connectivity index (χ0v) is 11.3. The topological polar surface area (TPSA) is 86.9 Å². The highest BCUT2D eigenvalue weighted by Gasteiger charge is 2.22. The predicted octanol–water partition coefficient (Wildman–Crippen LogP) is 1.21. The van der Waals surface area contributed by atoms with Crippen LogP contribution in [-0.2, 0) is 16.6 Å². The number of aromatic amines is 1. The van der Waals surface area contributed by atoms with Gasteiger partial charge in [-0.1, -0.05) is 6.07 Å². The van der Waals surface area contributed by atoms with Crippen LogP contribution in [0.4, 0.5) is 14.5 Å². The van der Waals surface area contributed by atoms with Gasteiger partial charge >= 0.3 is 0 Å². The van der Waals surface area contributed by atoms with Crippen LogP contribution >= 0.6 is 0 Å². The lowest BCUT2D eigenvalue weighted by Crippen LogP contribution is -2.18. The number of benzene rings is 1. The summed E-state index contributed by atoms with van der Waals surface area (Å²) in [5, 5.41) is 8.55. The van der Waals surface area contributed by atoms with Crippen molar-refractivity contribution in [2.75, 3.05) is 11.8 Å². The normalized spacial score (nSPS) is 11.6. The number of nitrogens with zero attached hydrogens (tertiary/aromatic N) is 1. The molecule has 0 fully saturated rings. The van der Waals surface area contributed by atoms with Crippen molar-refractivity contribution in [2.45, 2.75) is 11.6 Å². The van der Waals surface area contributed by atoms with E-state index in [9.17, 15) is 17.2 Å². The molecule has 1 aromatic carbocycles. The molecular weight excluding hydrogens is 290 g/mol. The van der Waals surface area contributed by atoms with Crippen molar-refractivity contribution >= 4 is 15.7 Å². The molecule has 0 unspecified atom stereocenters. The first kappa shape index (κ1) is 14.4. The third-order valence-corrected chi connectivity index (χ3v) is 3.89. The van der Waals surface area contributed by atoms with Crippen molar-refractivity contribution in [1.29, 1.82) is 0 Å². The SMILES string of the molecule is CNCc1cn[nH]c1S(=O)(=O)Nc1cccc(F)c1F. The zero-order chi connectivity index (χ0) is 14.8. The smallest absolute Gasteiger partial charge is 0.279 e. The molecular formula is C11H12F2N4O2S. The molecule has 108 valence electrons. The van der Waals surface area contributed by atoms with Gasteiger partial charge in [0.15, 0.2) is 16.7 Å². The summed E-state index contributed by atoms with van der Waals surface area (Å²) < 4.78 is 52.8. The lowest BCUT2D eigenvalue weighted by atomic mass is 10.3. The van der Waals surface area contributed by atoms with Crippen LogP contribution in [0, 0.1) is 11.6 Å². The Morgan fingerprint density at radius 3 is 2.80 bits per heavy atom. The average molecular weight is 302 g/mol. The Morgan fingerprint density at radius 1 is 1.35 bits per heavy atom. The highest BCUT2D eigenvalue weighted by Crippen LogP contribution is 2.21. The van der Waals surface area contributed by atoms with Gasteiger partial charge in [0.25, 0.3) is 10.0 Å². The third-order valence-electron chi connectivity index (χ3n) is 2.51. The van der Waals surface area contributed by atoms with E-state index >= 15 is 0 Å². The van der Waals surface area contributed by atoms with E-state index in [1.165, 1.54) is 12.3 Å². The molecule has 2 rings (SSSR count). The summed E-state index contributed by atoms with van der Waals surface area (Å²) in [6, 6.07) is 3.23. The van der Waals surface area contributed by atoms with Gasteiger partial charge in [0.2, 0.25) is 0 Å². The van der Waals surface area contributed by atoms with Crippen LogP contribution in [0.3, 0.4) is 0 Å². The van der Waals surface area contributed by atoms with Crippen LogP contribution in [0.1, 0.15) is 5.56 Å². The molecule has 0 spiro atoms. The second kappa shape index (κ2) is 5.55. The fourth-order valence-corrected chi connectivity index (χ4v) is 2.82. The molecule has 9 heteroatoms. The molecule has 6 nitrogen and oxygen atoms in total. The number of sulfonamides is 1. The molecule has 1 heterocycles. The molecule has 2 aromatic rings. The Balaban J connectivity index is 2.36. The summed E-state index contributed by atoms with van der Waals surface area (Å²) in [7, 11) is -2.43. The van der Waals surface area contributed by atoms with Gasteiger partial charge in [0.1, 0.15) is 0 Å². The molecule has 20 heavy (non-hydrogen) atoms. The highest BCUT2D eigenvalue weighted by molar-refractivity contribution is 7.92. The summed E-state index contributed by atoms with van der Waals surface area (Å²) in [6.07, 6.45) is 1.34. The van der Waals surface area contributed by atoms with E-state index in [-0.39, 0.29) is 11.6 Å². The molecule has 1 aromatic heterocycles. The molecule has 0 bridgehead atoms. The van der Waals surface area contributed by atoms with Gasteiger partial charge in [0.05, 0.1) is 11.9 Å². The molecule has 0 aliphatic heterocycles. The summed E-state index contributed by atoms with van der Waals surface area (Å²) in [5.41, 5.74) is -0.0770. The first-order valence-electron chi connectivity index (χ1n) is 5.59. The molecule has 0 aliphatic rings. The summed E-state index contributed by atoms with van der Waals surface area (Å²) >= 11 is 0. The van der Waals surface area contributed by atoms with E-state index in [2.05, 4.69) is 15.5 Å². The minimum atomic E-state index is -4.08. The molecule has 0 aliphatic carbocycles. The lowest BCUT2D eigenvalue weighted by molar-refractivity contribution is 0.511. The van der Waals surface area contributed by atoms with E-state index in [0.717, 1.165) is 12.1 Å². The Morgan fingerprint density at radius 2 is 2.10 bits per heavy atom. The molecule has 0 saturated heterocycles. The minimum absolute atomic E-state index is 0.199. The Hall–Kier alpha value is -2.00. The Bertz CT molecular complexity index is 715. The fraction of sp³-hybridized carbons (Fsp3) is 0.182. The van der Waals surface area contributed by atoms with E-state index in [0.29, 0.717) is 5.56 Å². The molecule has 0 saturated carbocycles. The number of nitrogens with one attached hydrogen (secondary N) is 3. The van der Waals surface area contributed by atoms with Crippen LogP contribution in [-0.4, -0.2) is 25.7 Å². The maximum atomic E-state index is 13.5. The number of hydrogen-bond donors (Lipinski definition) is 3. The second-order valence-corrected chi connectivity index (χ2v) is 5.58. The van der Waals surface area contributed by atoms with Gasteiger partial charge in [-0.15, -0.1) is 0 Å². The lowest BCUT2D eigenvalue weighted by Gasteiger charge is -2.09. The van der Waals surface area contributed by atoms with Gasteiger partial charge in [0, 0.05) is 12.1 Å². The molecule has 0 atom stereocenters. The molecule has 0 amide bonds. The van der Waals surface area contributed by atoms with Crippen LogP contribution in [0.15, 0.2) is 29.4 Å². The van der Waals surface area contributed by atoms with Crippen LogP contribution in [0.2, 0.25) is 0 Å². The maximum Gasteiger partial charge on any atom is 0.279 e. The third kappa shape index (κ3) is 2.78. The van der Waals surface area contributed by atoms with Crippen LogP contribution < -0.4 is 10.0 Å². The average Bonchev–Trinajstić information content (AvgIpc) is 2.84. The largest absolute Gasteiger partial charge is 0.316 e. The van der Waals surface area contributed by atoms with E-state index < -0.39 is 27.3 Å². The summed E-state index contributed by atoms with van der Waals surface area (Å²) in [5.74, 6) is -2.39. The quantitative estimate of drug-likeness (QED) is 0.775. The van der Waals surface area contributed by atoms with Crippen molar-refractivity contribution in [3.05, 3.63) is 41.6 Å². The second-order valence-electron chi connectivity index (χ2n) is 3.96. The summed E-state index contributed by atoms with van der Waals surface area (Å²) in [6.45, 7) is 0.262. The predicted molar refractivity (Wildman–Crippen MR) is 68.5 cm³/mol. The van der Waals surface area contributed by atoms with E-state index in [1.54, 1.807) is 7.05 Å². The Labute approximate surface area is 114 Å². The van der Waals surface area contributed by atoms with E-state index in [4.69, 9.17) is 0 Å². The zero-order valence-electron chi connectivity index (χ0n) is 10.4. The number of aromatic nitrogens is 2. The van der Waals surface area contributed by atoms with Gasteiger partial charge in [-0.3, -0.25) is 9.82 Å². The van der Waals surface area contributed by atoms with E-state index in [1.807, 2.05) is 4.72 Å². The standard InChI is InChI=1S/C11H12F2N4O2S/c1-14-5-7-6-15-16-11(7)20(18,19)17-9-4-2-3-8(12)10(9)13/h2-4,6,14,17H,5H2,1H3,(H,15,16). The minimum Gasteiger partial charge on any atom is -0.316 e. The number of rotatable bonds is 5. The Kier molecular flexibility index (Phi) is 4.00. The fourth-order valence-electron chi connectivity index (χ4n) is 1.63. The van der Waals surface area contributed by atoms with Crippen molar-refractivity contribution in [2.24, 2.45) is 0 Å². The first-order valence-corrected chi connectivity index (χ1v) is 7.07. The summed E-state index contributed by atoms with van der Waals surface area (Å²) in [4.78, 5) is 0. The monoisotopic (exact) mass is 302 g/mol. The number of hydrogen-bond acceptors (Lipinski definition) is 4. The van der Waals surface area contributed by atoms with Crippen molar-refractivity contribution < 1.29 is 17.2 Å². The van der Waals surface area contributed by atoms with Gasteiger partial charge in [-0.25, -0.2) is 8.78 Å². The van der Waals surface area contributed by atoms with Crippen molar-refractivity contribution in [3.63, 3.8) is 0 Å². The molecule has 0 radical (unpaired) electrons. The van der Waals surface area contributed by atoms with Gasteiger partial charge < -0.3 is 5.32 Å². The van der Waals surface area contributed by atoms with Gasteiger partial charge in [-0.2, -0.15) is 13.5 Å². The highest BCUT2D eigenvalue weighted by atomic mass is 32.2. The number of halogens is 2. The van der Waals surface area contributed by atoms with Crippen molar-refractivity contribution in [1.82, 2.24) is 15.5 Å². The van der Waals surface area contributed by atoms with Crippen LogP contribution in [0.5, 0.6) is 0 Å². The molecule has 3 N–H and O–H groups in total. The van der Waals surface area contributed by atoms with Gasteiger partial charge in [-0.05, 0) is 19.2 Å². The van der Waals surface area contributed by atoms with Crippen LogP contribution in [0.25, 0.3) is 0 Å². The maximum absolute atomic E-state index is 13.5.